The smallest absolute Gasteiger partial charge is 0.228 e. The van der Waals surface area contributed by atoms with Crippen molar-refractivity contribution in [2.45, 2.75) is 19.3 Å². The number of nitrogens with zero attached hydrogens (tertiary/aromatic N) is 7. The van der Waals surface area contributed by atoms with Gasteiger partial charge in [-0.05, 0) is 29.5 Å². The summed E-state index contributed by atoms with van der Waals surface area (Å²) in [4.78, 5) is 13.8. The highest BCUT2D eigenvalue weighted by Gasteiger charge is 2.26. The number of benzene rings is 1. The standard InChI is InChI=1S/C27H31N9O/c1-35-11-9-24(34-35)31-27-30-17-20-7-8-22-25(26(20)32-27)23(36(2)33-22)14-18-5-4-6-19(13-18)21(15-28)16-29-10-12-37-3/h4-6,9,11,13,15-17H,7-8,10,12,14,28H2,1-3H3,(H,30,31,32,34)/b21-15+,29-16?. The molecule has 1 aromatic carbocycles. The molecule has 4 aromatic rings. The molecular formula is C27H31N9O. The van der Waals surface area contributed by atoms with Gasteiger partial charge in [-0.2, -0.15) is 10.2 Å². The molecule has 3 heterocycles. The Labute approximate surface area is 215 Å². The van der Waals surface area contributed by atoms with Gasteiger partial charge in [-0.15, -0.1) is 0 Å². The lowest BCUT2D eigenvalue weighted by Gasteiger charge is -2.17. The Balaban J connectivity index is 1.45. The Morgan fingerprint density at radius 3 is 2.89 bits per heavy atom. The Bertz CT molecular complexity index is 1460. The van der Waals surface area contributed by atoms with Crippen molar-refractivity contribution in [2.24, 2.45) is 24.8 Å². The van der Waals surface area contributed by atoms with Gasteiger partial charge in [0.05, 0.1) is 30.2 Å². The summed E-state index contributed by atoms with van der Waals surface area (Å²) in [5, 5.41) is 12.4. The van der Waals surface area contributed by atoms with Gasteiger partial charge in [0.2, 0.25) is 5.95 Å². The van der Waals surface area contributed by atoms with E-state index in [1.54, 1.807) is 24.2 Å². The van der Waals surface area contributed by atoms with E-state index in [4.69, 9.17) is 20.6 Å². The predicted molar refractivity (Wildman–Crippen MR) is 145 cm³/mol. The molecule has 37 heavy (non-hydrogen) atoms. The van der Waals surface area contributed by atoms with Gasteiger partial charge >= 0.3 is 0 Å². The van der Waals surface area contributed by atoms with Gasteiger partial charge in [-0.3, -0.25) is 14.4 Å². The van der Waals surface area contributed by atoms with Gasteiger partial charge in [0.25, 0.3) is 0 Å². The van der Waals surface area contributed by atoms with Gasteiger partial charge in [-0.25, -0.2) is 9.97 Å². The lowest BCUT2D eigenvalue weighted by Crippen LogP contribution is -2.09. The van der Waals surface area contributed by atoms with Crippen molar-refractivity contribution in [2.75, 3.05) is 25.6 Å². The predicted octanol–water partition coefficient (Wildman–Crippen LogP) is 3.06. The van der Waals surface area contributed by atoms with Gasteiger partial charge in [0.1, 0.15) is 0 Å². The maximum atomic E-state index is 5.92. The zero-order chi connectivity index (χ0) is 25.8. The molecule has 190 valence electrons. The second-order valence-electron chi connectivity index (χ2n) is 8.99. The molecule has 3 N–H and O–H groups in total. The molecule has 0 amide bonds. The lowest BCUT2D eigenvalue weighted by molar-refractivity contribution is 0.208. The molecule has 1 aliphatic rings. The summed E-state index contributed by atoms with van der Waals surface area (Å²) >= 11 is 0. The van der Waals surface area contributed by atoms with Crippen LogP contribution < -0.4 is 11.1 Å². The molecule has 10 nitrogen and oxygen atoms in total. The number of fused-ring (bicyclic) bond motifs is 3. The van der Waals surface area contributed by atoms with Crippen molar-refractivity contribution in [1.29, 1.82) is 0 Å². The minimum absolute atomic E-state index is 0.521. The van der Waals surface area contributed by atoms with Crippen LogP contribution in [0.2, 0.25) is 0 Å². The van der Waals surface area contributed by atoms with E-state index in [2.05, 4.69) is 32.5 Å². The van der Waals surface area contributed by atoms with Crippen LogP contribution in [-0.4, -0.2) is 56.0 Å². The average molecular weight is 498 g/mol. The second-order valence-corrected chi connectivity index (χ2v) is 8.99. The number of hydrogen-bond donors (Lipinski definition) is 2. The Morgan fingerprint density at radius 1 is 1.22 bits per heavy atom. The zero-order valence-corrected chi connectivity index (χ0v) is 21.3. The van der Waals surface area contributed by atoms with E-state index in [-0.39, 0.29) is 0 Å². The monoisotopic (exact) mass is 497 g/mol. The van der Waals surface area contributed by atoms with Gasteiger partial charge in [0.15, 0.2) is 5.82 Å². The number of aliphatic imine (C=N–C) groups is 1. The van der Waals surface area contributed by atoms with Gasteiger partial charge < -0.3 is 15.8 Å². The van der Waals surface area contributed by atoms with Crippen LogP contribution in [0.1, 0.15) is 28.1 Å². The third kappa shape index (κ3) is 5.29. The molecule has 0 atom stereocenters. The highest BCUT2D eigenvalue weighted by Crippen LogP contribution is 2.36. The number of allylic oxidation sites excluding steroid dienone is 1. The molecule has 3 aromatic heterocycles. The molecule has 0 radical (unpaired) electrons. The number of nitrogens with two attached hydrogens (primary N) is 1. The topological polar surface area (TPSA) is 121 Å². The number of ether oxygens (including phenoxy) is 1. The SMILES string of the molecule is COCCN=C/C(=C\N)c1cccc(Cc2c3c(nn2C)CCc2cnc(Nc4ccn(C)n4)nc2-3)c1. The van der Waals surface area contributed by atoms with E-state index < -0.39 is 0 Å². The minimum Gasteiger partial charge on any atom is -0.404 e. The molecule has 0 aliphatic heterocycles. The molecule has 0 fully saturated rings. The van der Waals surface area contributed by atoms with Crippen molar-refractivity contribution in [1.82, 2.24) is 29.5 Å². The average Bonchev–Trinajstić information content (AvgIpc) is 3.46. The Hall–Kier alpha value is -4.31. The minimum atomic E-state index is 0.521. The first-order valence-corrected chi connectivity index (χ1v) is 12.2. The van der Waals surface area contributed by atoms with Crippen LogP contribution in [0.25, 0.3) is 16.8 Å². The molecule has 10 heteroatoms. The Kier molecular flexibility index (Phi) is 7.09. The molecule has 0 saturated carbocycles. The fraction of sp³-hybridized carbons (Fsp3) is 0.296. The van der Waals surface area contributed by atoms with Crippen molar-refractivity contribution in [3.8, 4) is 11.3 Å². The van der Waals surface area contributed by atoms with Crippen molar-refractivity contribution in [3.05, 3.63) is 77.0 Å². The number of aromatic nitrogens is 6. The molecule has 1 aliphatic carbocycles. The third-order valence-corrected chi connectivity index (χ3v) is 6.39. The lowest BCUT2D eigenvalue weighted by atomic mass is 9.91. The highest BCUT2D eigenvalue weighted by atomic mass is 16.5. The third-order valence-electron chi connectivity index (χ3n) is 6.39. The number of anilines is 2. The summed E-state index contributed by atoms with van der Waals surface area (Å²) < 4.78 is 8.79. The summed E-state index contributed by atoms with van der Waals surface area (Å²) in [5.41, 5.74) is 14.3. The number of hydrogen-bond acceptors (Lipinski definition) is 8. The van der Waals surface area contributed by atoms with Crippen LogP contribution in [-0.2, 0) is 38.1 Å². The maximum absolute atomic E-state index is 5.92. The van der Waals surface area contributed by atoms with E-state index in [1.165, 1.54) is 0 Å². The first-order chi connectivity index (χ1) is 18.1. The molecule has 0 unspecified atom stereocenters. The van der Waals surface area contributed by atoms with Crippen LogP contribution >= 0.6 is 0 Å². The summed E-state index contributed by atoms with van der Waals surface area (Å²) in [6.07, 6.45) is 9.61. The normalized spacial score (nSPS) is 13.1. The first-order valence-electron chi connectivity index (χ1n) is 12.2. The van der Waals surface area contributed by atoms with E-state index in [1.807, 2.05) is 49.4 Å². The largest absolute Gasteiger partial charge is 0.404 e. The van der Waals surface area contributed by atoms with Crippen molar-refractivity contribution >= 4 is 23.6 Å². The first kappa shape index (κ1) is 24.4. The summed E-state index contributed by atoms with van der Waals surface area (Å²) in [6.45, 7) is 1.16. The van der Waals surface area contributed by atoms with Crippen LogP contribution in [0.5, 0.6) is 0 Å². The second kappa shape index (κ2) is 10.8. The van der Waals surface area contributed by atoms with E-state index in [9.17, 15) is 0 Å². The Morgan fingerprint density at radius 2 is 2.11 bits per heavy atom. The quantitative estimate of drug-likeness (QED) is 0.269. The van der Waals surface area contributed by atoms with Crippen LogP contribution in [0.15, 0.2) is 53.9 Å². The van der Waals surface area contributed by atoms with Gasteiger partial charge in [0, 0.05) is 69.6 Å². The number of nitrogens with one attached hydrogen (secondary N) is 1. The van der Waals surface area contributed by atoms with Crippen LogP contribution in [0.3, 0.4) is 0 Å². The zero-order valence-electron chi connectivity index (χ0n) is 21.3. The number of rotatable bonds is 9. The fourth-order valence-corrected chi connectivity index (χ4v) is 4.56. The number of methoxy groups -OCH3 is 1. The molecule has 0 saturated heterocycles. The fourth-order valence-electron chi connectivity index (χ4n) is 4.56. The van der Waals surface area contributed by atoms with Crippen molar-refractivity contribution in [3.63, 3.8) is 0 Å². The summed E-state index contributed by atoms with van der Waals surface area (Å²) in [5.74, 6) is 1.23. The van der Waals surface area contributed by atoms with Crippen molar-refractivity contribution < 1.29 is 4.74 Å². The summed E-state index contributed by atoms with van der Waals surface area (Å²) in [6, 6.07) is 10.3. The van der Waals surface area contributed by atoms with Crippen LogP contribution in [0, 0.1) is 0 Å². The molecular weight excluding hydrogens is 466 g/mol. The molecule has 5 rings (SSSR count). The van der Waals surface area contributed by atoms with E-state index >= 15 is 0 Å². The molecule has 0 spiro atoms. The maximum Gasteiger partial charge on any atom is 0.228 e. The molecule has 0 bridgehead atoms. The van der Waals surface area contributed by atoms with E-state index in [0.29, 0.717) is 31.3 Å². The van der Waals surface area contributed by atoms with Crippen LogP contribution in [0.4, 0.5) is 11.8 Å². The van der Waals surface area contributed by atoms with Gasteiger partial charge in [-0.1, -0.05) is 24.3 Å². The van der Waals surface area contributed by atoms with E-state index in [0.717, 1.165) is 57.8 Å². The summed E-state index contributed by atoms with van der Waals surface area (Å²) in [7, 11) is 5.54. The highest BCUT2D eigenvalue weighted by molar-refractivity contribution is 6.09. The number of aryl methyl sites for hydroxylation is 4.